The quantitative estimate of drug-likeness (QED) is 0.834. The lowest BCUT2D eigenvalue weighted by Crippen LogP contribution is -2.45. The summed E-state index contributed by atoms with van der Waals surface area (Å²) >= 11 is 0. The zero-order valence-electron chi connectivity index (χ0n) is 11.5. The van der Waals surface area contributed by atoms with Crippen LogP contribution >= 0.6 is 0 Å². The normalized spacial score (nSPS) is 14.1. The molecule has 0 spiro atoms. The largest absolute Gasteiger partial charge is 0.383 e. The van der Waals surface area contributed by atoms with Crippen LogP contribution in [0.2, 0.25) is 0 Å². The molecule has 7 nitrogen and oxygen atoms in total. The lowest BCUT2D eigenvalue weighted by atomic mass is 10.3. The number of nitrogens with zero attached hydrogens (tertiary/aromatic N) is 4. The second-order valence-electron chi connectivity index (χ2n) is 4.39. The van der Waals surface area contributed by atoms with Crippen LogP contribution in [0.25, 0.3) is 0 Å². The standard InChI is InChI=1S/C11H21N5O2/c1-8(6-18-5)16(4)11(17)13-9(2)10-14-12-7-15(10)3/h7-9H,6H2,1-5H3,(H,13,17)/t8-,9+/m0/s1. The van der Waals surface area contributed by atoms with Crippen LogP contribution in [0.4, 0.5) is 4.79 Å². The Morgan fingerprint density at radius 1 is 1.61 bits per heavy atom. The number of aromatic nitrogens is 3. The Morgan fingerprint density at radius 3 is 2.78 bits per heavy atom. The van der Waals surface area contributed by atoms with Crippen LogP contribution in [0.1, 0.15) is 25.7 Å². The van der Waals surface area contributed by atoms with Crippen molar-refractivity contribution in [1.29, 1.82) is 0 Å². The minimum absolute atomic E-state index is 0.0155. The topological polar surface area (TPSA) is 72.3 Å². The first-order valence-corrected chi connectivity index (χ1v) is 5.83. The predicted molar refractivity (Wildman–Crippen MR) is 67.1 cm³/mol. The summed E-state index contributed by atoms with van der Waals surface area (Å²) in [5.74, 6) is 0.719. The Kier molecular flexibility index (Phi) is 5.08. The zero-order valence-corrected chi connectivity index (χ0v) is 11.5. The molecule has 1 N–H and O–H groups in total. The summed E-state index contributed by atoms with van der Waals surface area (Å²) in [4.78, 5) is 13.6. The third-order valence-electron chi connectivity index (χ3n) is 2.86. The molecule has 1 aromatic rings. The van der Waals surface area contributed by atoms with E-state index < -0.39 is 0 Å². The molecule has 0 saturated carbocycles. The van der Waals surface area contributed by atoms with Crippen molar-refractivity contribution in [2.24, 2.45) is 7.05 Å². The van der Waals surface area contributed by atoms with Gasteiger partial charge in [0.05, 0.1) is 18.7 Å². The number of carbonyl (C=O) groups excluding carboxylic acids is 1. The summed E-state index contributed by atoms with van der Waals surface area (Å²) in [5, 5.41) is 10.6. The Hall–Kier alpha value is -1.63. The fraction of sp³-hybridized carbons (Fsp3) is 0.727. The molecule has 0 aromatic carbocycles. The Bertz CT molecular complexity index is 393. The van der Waals surface area contributed by atoms with Gasteiger partial charge in [-0.1, -0.05) is 0 Å². The number of aryl methyl sites for hydroxylation is 1. The van der Waals surface area contributed by atoms with Gasteiger partial charge >= 0.3 is 6.03 Å². The van der Waals surface area contributed by atoms with E-state index in [4.69, 9.17) is 4.74 Å². The molecule has 0 bridgehead atoms. The third-order valence-corrected chi connectivity index (χ3v) is 2.86. The number of methoxy groups -OCH3 is 1. The van der Waals surface area contributed by atoms with E-state index in [1.165, 1.54) is 0 Å². The second kappa shape index (κ2) is 6.34. The van der Waals surface area contributed by atoms with E-state index in [-0.39, 0.29) is 18.1 Å². The maximum atomic E-state index is 12.0. The van der Waals surface area contributed by atoms with Crippen molar-refractivity contribution in [2.45, 2.75) is 25.9 Å². The lowest BCUT2D eigenvalue weighted by molar-refractivity contribution is 0.122. The molecule has 0 radical (unpaired) electrons. The summed E-state index contributed by atoms with van der Waals surface area (Å²) in [7, 11) is 5.20. The maximum absolute atomic E-state index is 12.0. The highest BCUT2D eigenvalue weighted by Crippen LogP contribution is 2.08. The van der Waals surface area contributed by atoms with Gasteiger partial charge in [0.25, 0.3) is 0 Å². The molecule has 0 aliphatic heterocycles. The monoisotopic (exact) mass is 255 g/mol. The van der Waals surface area contributed by atoms with Gasteiger partial charge in [0, 0.05) is 21.2 Å². The van der Waals surface area contributed by atoms with E-state index in [1.54, 1.807) is 30.0 Å². The van der Waals surface area contributed by atoms with Gasteiger partial charge in [0.2, 0.25) is 0 Å². The van der Waals surface area contributed by atoms with Gasteiger partial charge in [0.15, 0.2) is 5.82 Å². The van der Waals surface area contributed by atoms with Crippen LogP contribution in [-0.2, 0) is 11.8 Å². The van der Waals surface area contributed by atoms with Gasteiger partial charge in [0.1, 0.15) is 6.33 Å². The number of nitrogens with one attached hydrogen (secondary N) is 1. The van der Waals surface area contributed by atoms with E-state index in [0.717, 1.165) is 5.82 Å². The number of hydrogen-bond acceptors (Lipinski definition) is 4. The van der Waals surface area contributed by atoms with Gasteiger partial charge in [-0.15, -0.1) is 10.2 Å². The molecule has 0 fully saturated rings. The third kappa shape index (κ3) is 3.43. The van der Waals surface area contributed by atoms with Crippen LogP contribution < -0.4 is 5.32 Å². The fourth-order valence-electron chi connectivity index (χ4n) is 1.59. The van der Waals surface area contributed by atoms with Crippen LogP contribution in [-0.4, -0.2) is 52.5 Å². The molecule has 0 aliphatic carbocycles. The Morgan fingerprint density at radius 2 is 2.28 bits per heavy atom. The first kappa shape index (κ1) is 14.4. The maximum Gasteiger partial charge on any atom is 0.318 e. The molecule has 2 amide bonds. The average Bonchev–Trinajstić information content (AvgIpc) is 2.74. The van der Waals surface area contributed by atoms with Crippen molar-refractivity contribution in [2.75, 3.05) is 20.8 Å². The first-order chi connectivity index (χ1) is 8.47. The summed E-state index contributed by atoms with van der Waals surface area (Å²) < 4.78 is 6.80. The van der Waals surface area contributed by atoms with E-state index in [2.05, 4.69) is 15.5 Å². The van der Waals surface area contributed by atoms with Gasteiger partial charge < -0.3 is 19.5 Å². The number of hydrogen-bond donors (Lipinski definition) is 1. The number of urea groups is 1. The van der Waals surface area contributed by atoms with Crippen LogP contribution in [0.3, 0.4) is 0 Å². The highest BCUT2D eigenvalue weighted by molar-refractivity contribution is 5.74. The molecule has 18 heavy (non-hydrogen) atoms. The van der Waals surface area contributed by atoms with Crippen molar-refractivity contribution in [3.05, 3.63) is 12.2 Å². The van der Waals surface area contributed by atoms with E-state index in [9.17, 15) is 4.79 Å². The van der Waals surface area contributed by atoms with Crippen LogP contribution in [0, 0.1) is 0 Å². The minimum Gasteiger partial charge on any atom is -0.383 e. The van der Waals surface area contributed by atoms with E-state index in [1.807, 2.05) is 20.9 Å². The SMILES string of the molecule is COC[C@H](C)N(C)C(=O)N[C@H](C)c1nncn1C. The number of rotatable bonds is 5. The molecule has 1 heterocycles. The summed E-state index contributed by atoms with van der Waals surface area (Å²) in [6, 6.07) is -0.334. The molecule has 1 rings (SSSR count). The van der Waals surface area contributed by atoms with Crippen molar-refractivity contribution in [3.8, 4) is 0 Å². The number of carbonyl (C=O) groups is 1. The fourth-order valence-corrected chi connectivity index (χ4v) is 1.59. The smallest absolute Gasteiger partial charge is 0.318 e. The van der Waals surface area contributed by atoms with Gasteiger partial charge in [-0.3, -0.25) is 0 Å². The van der Waals surface area contributed by atoms with Crippen molar-refractivity contribution in [1.82, 2.24) is 25.0 Å². The lowest BCUT2D eigenvalue weighted by Gasteiger charge is -2.26. The molecule has 2 atom stereocenters. The highest BCUT2D eigenvalue weighted by atomic mass is 16.5. The summed E-state index contributed by atoms with van der Waals surface area (Å²) in [6.45, 7) is 4.30. The number of ether oxygens (including phenoxy) is 1. The molecule has 1 aromatic heterocycles. The second-order valence-corrected chi connectivity index (χ2v) is 4.39. The Labute approximate surface area is 107 Å². The van der Waals surface area contributed by atoms with Crippen molar-refractivity contribution >= 4 is 6.03 Å². The minimum atomic E-state index is -0.192. The summed E-state index contributed by atoms with van der Waals surface area (Å²) in [5.41, 5.74) is 0. The summed E-state index contributed by atoms with van der Waals surface area (Å²) in [6.07, 6.45) is 1.61. The molecule has 0 aliphatic rings. The first-order valence-electron chi connectivity index (χ1n) is 5.83. The molecule has 0 unspecified atom stereocenters. The highest BCUT2D eigenvalue weighted by Gasteiger charge is 2.19. The molecule has 7 heteroatoms. The van der Waals surface area contributed by atoms with Gasteiger partial charge in [-0.25, -0.2) is 4.79 Å². The van der Waals surface area contributed by atoms with E-state index in [0.29, 0.717) is 6.61 Å². The van der Waals surface area contributed by atoms with Gasteiger partial charge in [-0.05, 0) is 13.8 Å². The molecular formula is C11H21N5O2. The number of likely N-dealkylation sites (N-methyl/N-ethyl adjacent to an activating group) is 1. The molecule has 0 saturated heterocycles. The van der Waals surface area contributed by atoms with Gasteiger partial charge in [-0.2, -0.15) is 0 Å². The molecule has 102 valence electrons. The zero-order chi connectivity index (χ0) is 13.7. The van der Waals surface area contributed by atoms with Crippen LogP contribution in [0.5, 0.6) is 0 Å². The predicted octanol–water partition coefficient (Wildman–Crippen LogP) is 0.552. The van der Waals surface area contributed by atoms with Crippen molar-refractivity contribution in [3.63, 3.8) is 0 Å². The molecular weight excluding hydrogens is 234 g/mol. The van der Waals surface area contributed by atoms with Crippen LogP contribution in [0.15, 0.2) is 6.33 Å². The number of amides is 2. The average molecular weight is 255 g/mol. The van der Waals surface area contributed by atoms with Crippen molar-refractivity contribution < 1.29 is 9.53 Å². The van der Waals surface area contributed by atoms with E-state index >= 15 is 0 Å². The Balaban J connectivity index is 2.57.